The first-order chi connectivity index (χ1) is 9.28. The van der Waals surface area contributed by atoms with Crippen molar-refractivity contribution in [2.75, 3.05) is 6.61 Å². The molecule has 1 N–H and O–H groups in total. The van der Waals surface area contributed by atoms with Gasteiger partial charge in [-0.3, -0.25) is 0 Å². The van der Waals surface area contributed by atoms with E-state index in [9.17, 15) is 0 Å². The molecule has 2 aromatic rings. The zero-order chi connectivity index (χ0) is 13.5. The summed E-state index contributed by atoms with van der Waals surface area (Å²) in [6.45, 7) is 1.86. The van der Waals surface area contributed by atoms with E-state index in [0.29, 0.717) is 0 Å². The van der Waals surface area contributed by atoms with E-state index in [1.165, 1.54) is 5.56 Å². The van der Waals surface area contributed by atoms with Crippen molar-refractivity contribution in [1.29, 1.82) is 0 Å². The molecule has 4 heteroatoms. The van der Waals surface area contributed by atoms with E-state index in [-0.39, 0.29) is 6.61 Å². The SMILES string of the molecule is Cc1cnc(SCc2ccc(C#CCO)cc2)nc1. The van der Waals surface area contributed by atoms with Crippen molar-refractivity contribution in [2.45, 2.75) is 17.8 Å². The molecule has 0 aliphatic carbocycles. The van der Waals surface area contributed by atoms with E-state index in [2.05, 4.69) is 21.8 Å². The Bertz CT molecular complexity index is 582. The van der Waals surface area contributed by atoms with E-state index >= 15 is 0 Å². The van der Waals surface area contributed by atoms with Gasteiger partial charge in [-0.15, -0.1) is 0 Å². The van der Waals surface area contributed by atoms with Crippen LogP contribution < -0.4 is 0 Å². The summed E-state index contributed by atoms with van der Waals surface area (Å²) >= 11 is 1.61. The van der Waals surface area contributed by atoms with Crippen molar-refractivity contribution in [3.63, 3.8) is 0 Å². The van der Waals surface area contributed by atoms with Gasteiger partial charge in [-0.25, -0.2) is 9.97 Å². The number of hydrogen-bond donors (Lipinski definition) is 1. The van der Waals surface area contributed by atoms with E-state index in [0.717, 1.165) is 22.0 Å². The third kappa shape index (κ3) is 4.40. The second-order valence-corrected chi connectivity index (χ2v) is 4.93. The van der Waals surface area contributed by atoms with Crippen LogP contribution in [0.1, 0.15) is 16.7 Å². The van der Waals surface area contributed by atoms with Gasteiger partial charge >= 0.3 is 0 Å². The molecule has 0 bridgehead atoms. The van der Waals surface area contributed by atoms with Crippen molar-refractivity contribution in [2.24, 2.45) is 0 Å². The summed E-state index contributed by atoms with van der Waals surface area (Å²) in [7, 11) is 0. The highest BCUT2D eigenvalue weighted by Gasteiger charge is 1.99. The van der Waals surface area contributed by atoms with Crippen LogP contribution in [0.25, 0.3) is 0 Å². The summed E-state index contributed by atoms with van der Waals surface area (Å²) in [4.78, 5) is 8.51. The van der Waals surface area contributed by atoms with Crippen LogP contribution >= 0.6 is 11.8 Å². The number of aryl methyl sites for hydroxylation is 1. The number of aromatic nitrogens is 2. The fourth-order valence-corrected chi connectivity index (χ4v) is 2.17. The maximum Gasteiger partial charge on any atom is 0.187 e. The maximum atomic E-state index is 8.62. The Hall–Kier alpha value is -1.83. The highest BCUT2D eigenvalue weighted by Crippen LogP contribution is 2.18. The Labute approximate surface area is 117 Å². The van der Waals surface area contributed by atoms with Gasteiger partial charge in [0.1, 0.15) is 6.61 Å². The normalized spacial score (nSPS) is 9.79. The molecule has 0 atom stereocenters. The topological polar surface area (TPSA) is 46.0 Å². The van der Waals surface area contributed by atoms with Gasteiger partial charge in [-0.05, 0) is 30.2 Å². The van der Waals surface area contributed by atoms with Crippen molar-refractivity contribution < 1.29 is 5.11 Å². The van der Waals surface area contributed by atoms with E-state index in [1.807, 2.05) is 43.6 Å². The first kappa shape index (κ1) is 13.6. The molecule has 3 nitrogen and oxygen atoms in total. The second kappa shape index (κ2) is 6.93. The first-order valence-electron chi connectivity index (χ1n) is 5.88. The lowest BCUT2D eigenvalue weighted by molar-refractivity contribution is 0.350. The summed E-state index contributed by atoms with van der Waals surface area (Å²) in [5.41, 5.74) is 3.18. The molecule has 2 rings (SSSR count). The van der Waals surface area contributed by atoms with Crippen molar-refractivity contribution >= 4 is 11.8 Å². The number of rotatable bonds is 3. The maximum absolute atomic E-state index is 8.62. The molecule has 0 radical (unpaired) electrons. The number of aliphatic hydroxyl groups is 1. The molecule has 0 saturated carbocycles. The molecule has 1 aromatic carbocycles. The summed E-state index contributed by atoms with van der Waals surface area (Å²) in [6.07, 6.45) is 3.64. The molecule has 96 valence electrons. The van der Waals surface area contributed by atoms with Crippen LogP contribution in [-0.4, -0.2) is 21.7 Å². The molecule has 0 amide bonds. The van der Waals surface area contributed by atoms with Gasteiger partial charge in [-0.2, -0.15) is 0 Å². The highest BCUT2D eigenvalue weighted by atomic mass is 32.2. The van der Waals surface area contributed by atoms with Crippen molar-refractivity contribution in [3.05, 3.63) is 53.3 Å². The number of aliphatic hydroxyl groups excluding tert-OH is 1. The minimum Gasteiger partial charge on any atom is -0.384 e. The highest BCUT2D eigenvalue weighted by molar-refractivity contribution is 7.98. The summed E-state index contributed by atoms with van der Waals surface area (Å²) in [5, 5.41) is 9.41. The number of thioether (sulfide) groups is 1. The van der Waals surface area contributed by atoms with Crippen LogP contribution in [0.2, 0.25) is 0 Å². The molecule has 0 unspecified atom stereocenters. The van der Waals surface area contributed by atoms with Crippen molar-refractivity contribution in [3.8, 4) is 11.8 Å². The third-order valence-electron chi connectivity index (χ3n) is 2.39. The zero-order valence-electron chi connectivity index (χ0n) is 10.6. The van der Waals surface area contributed by atoms with Gasteiger partial charge in [0.15, 0.2) is 5.16 Å². The Kier molecular flexibility index (Phi) is 4.96. The molecule has 1 heterocycles. The standard InChI is InChI=1S/C15H14N2OS/c1-12-9-16-15(17-10-12)19-11-14-6-4-13(5-7-14)3-2-8-18/h4-7,9-10,18H,8,11H2,1H3. The molecule has 0 aliphatic heterocycles. The van der Waals surface area contributed by atoms with Gasteiger partial charge in [-0.1, -0.05) is 35.7 Å². The monoisotopic (exact) mass is 270 g/mol. The summed E-state index contributed by atoms with van der Waals surface area (Å²) in [6, 6.07) is 7.97. The van der Waals surface area contributed by atoms with Crippen LogP contribution in [0, 0.1) is 18.8 Å². The molecule has 0 aliphatic rings. The van der Waals surface area contributed by atoms with E-state index in [1.54, 1.807) is 11.8 Å². The van der Waals surface area contributed by atoms with Crippen LogP contribution in [0.5, 0.6) is 0 Å². The van der Waals surface area contributed by atoms with Gasteiger partial charge in [0, 0.05) is 23.7 Å². The second-order valence-electron chi connectivity index (χ2n) is 3.99. The zero-order valence-corrected chi connectivity index (χ0v) is 11.4. The minimum atomic E-state index is -0.109. The van der Waals surface area contributed by atoms with Gasteiger partial charge in [0.25, 0.3) is 0 Å². The predicted octanol–water partition coefficient (Wildman–Crippen LogP) is 2.42. The third-order valence-corrected chi connectivity index (χ3v) is 3.34. The molecule has 0 spiro atoms. The average Bonchev–Trinajstić information content (AvgIpc) is 2.46. The van der Waals surface area contributed by atoms with Gasteiger partial charge in [0.05, 0.1) is 0 Å². The van der Waals surface area contributed by atoms with Gasteiger partial charge in [0.2, 0.25) is 0 Å². The Morgan fingerprint density at radius 3 is 2.47 bits per heavy atom. The summed E-state index contributed by atoms with van der Waals surface area (Å²) < 4.78 is 0. The minimum absolute atomic E-state index is 0.109. The van der Waals surface area contributed by atoms with E-state index < -0.39 is 0 Å². The molecular weight excluding hydrogens is 256 g/mol. The van der Waals surface area contributed by atoms with Crippen LogP contribution in [-0.2, 0) is 5.75 Å². The lowest BCUT2D eigenvalue weighted by atomic mass is 10.1. The van der Waals surface area contributed by atoms with Gasteiger partial charge < -0.3 is 5.11 Å². The summed E-state index contributed by atoms with van der Waals surface area (Å²) in [5.74, 6) is 6.33. The number of hydrogen-bond acceptors (Lipinski definition) is 4. The van der Waals surface area contributed by atoms with Crippen LogP contribution in [0.15, 0.2) is 41.8 Å². The molecule has 1 aromatic heterocycles. The molecule has 0 fully saturated rings. The Morgan fingerprint density at radius 2 is 1.84 bits per heavy atom. The molecular formula is C15H14N2OS. The average molecular weight is 270 g/mol. The number of benzene rings is 1. The Balaban J connectivity index is 1.94. The largest absolute Gasteiger partial charge is 0.384 e. The van der Waals surface area contributed by atoms with Crippen LogP contribution in [0.3, 0.4) is 0 Å². The lowest BCUT2D eigenvalue weighted by Gasteiger charge is -2.01. The number of nitrogens with zero attached hydrogens (tertiary/aromatic N) is 2. The van der Waals surface area contributed by atoms with Crippen LogP contribution in [0.4, 0.5) is 0 Å². The first-order valence-corrected chi connectivity index (χ1v) is 6.86. The fourth-order valence-electron chi connectivity index (χ4n) is 1.43. The quantitative estimate of drug-likeness (QED) is 0.528. The molecule has 19 heavy (non-hydrogen) atoms. The lowest BCUT2D eigenvalue weighted by Crippen LogP contribution is -1.88. The smallest absolute Gasteiger partial charge is 0.187 e. The fraction of sp³-hybridized carbons (Fsp3) is 0.200. The van der Waals surface area contributed by atoms with Crippen molar-refractivity contribution in [1.82, 2.24) is 9.97 Å². The molecule has 0 saturated heterocycles. The predicted molar refractivity (Wildman–Crippen MR) is 76.7 cm³/mol. The van der Waals surface area contributed by atoms with E-state index in [4.69, 9.17) is 5.11 Å². The Morgan fingerprint density at radius 1 is 1.16 bits per heavy atom.